The molecule has 1 atom stereocenters. The molecule has 2 saturated heterocycles. The molecule has 2 amide bonds. The van der Waals surface area contributed by atoms with Crippen LogP contribution >= 0.6 is 11.6 Å². The van der Waals surface area contributed by atoms with Gasteiger partial charge in [0.15, 0.2) is 0 Å². The minimum absolute atomic E-state index is 0.0935. The van der Waals surface area contributed by atoms with E-state index in [1.54, 1.807) is 25.6 Å². The highest BCUT2D eigenvalue weighted by molar-refractivity contribution is 6.35. The summed E-state index contributed by atoms with van der Waals surface area (Å²) in [6, 6.07) is 15.1. The van der Waals surface area contributed by atoms with Crippen LogP contribution in [0.25, 0.3) is 22.5 Å². The van der Waals surface area contributed by atoms with Crippen molar-refractivity contribution in [2.75, 3.05) is 38.7 Å². The minimum Gasteiger partial charge on any atom is -0.481 e. The number of ether oxygens (including phenoxy) is 1. The quantitative estimate of drug-likeness (QED) is 0.177. The van der Waals surface area contributed by atoms with Gasteiger partial charge in [0.25, 0.3) is 5.91 Å². The molecule has 2 aliphatic rings. The van der Waals surface area contributed by atoms with Crippen molar-refractivity contribution in [2.45, 2.75) is 38.9 Å². The summed E-state index contributed by atoms with van der Waals surface area (Å²) in [4.78, 5) is 40.6. The van der Waals surface area contributed by atoms with E-state index in [-0.39, 0.29) is 24.5 Å². The normalized spacial score (nSPS) is 16.5. The number of anilines is 1. The van der Waals surface area contributed by atoms with Crippen molar-refractivity contribution < 1.29 is 19.4 Å². The molecule has 5 heterocycles. The van der Waals surface area contributed by atoms with E-state index in [0.717, 1.165) is 48.3 Å². The summed E-state index contributed by atoms with van der Waals surface area (Å²) in [6.45, 7) is 5.82. The zero-order chi connectivity index (χ0) is 32.9. The van der Waals surface area contributed by atoms with E-state index in [4.69, 9.17) is 21.3 Å². The van der Waals surface area contributed by atoms with Crippen LogP contribution in [0.1, 0.15) is 40.0 Å². The molecule has 3 aromatic heterocycles. The highest BCUT2D eigenvalue weighted by Gasteiger charge is 2.26. The number of nitrogens with zero attached hydrogens (tertiary/aromatic N) is 4. The molecule has 0 radical (unpaired) electrons. The first kappa shape index (κ1) is 32.5. The van der Waals surface area contributed by atoms with Crippen LogP contribution in [0.4, 0.5) is 5.69 Å². The van der Waals surface area contributed by atoms with Gasteiger partial charge in [0.05, 0.1) is 23.5 Å². The molecule has 2 aliphatic heterocycles. The van der Waals surface area contributed by atoms with Crippen LogP contribution in [-0.4, -0.2) is 76.2 Å². The molecule has 0 spiro atoms. The largest absolute Gasteiger partial charge is 0.481 e. The maximum absolute atomic E-state index is 13.1. The molecule has 47 heavy (non-hydrogen) atoms. The second kappa shape index (κ2) is 14.6. The SMILES string of the molecule is COc1nc(-c2ccnc(-c3cccc(NC(=O)c4ccc(CN5CC(CO)C5)cn4)c3C)c2Cl)ccc1CNC[C@H]1CCC(=O)N1. The van der Waals surface area contributed by atoms with Gasteiger partial charge in [-0.3, -0.25) is 24.5 Å². The topological polar surface area (TPSA) is 142 Å². The fourth-order valence-electron chi connectivity index (χ4n) is 6.02. The van der Waals surface area contributed by atoms with Gasteiger partial charge in [0.1, 0.15) is 5.69 Å². The Morgan fingerprint density at radius 1 is 1.13 bits per heavy atom. The molecule has 1 aromatic carbocycles. The predicted octanol–water partition coefficient (Wildman–Crippen LogP) is 4.22. The summed E-state index contributed by atoms with van der Waals surface area (Å²) in [5, 5.41) is 19.0. The second-order valence-corrected chi connectivity index (χ2v) is 12.4. The van der Waals surface area contributed by atoms with Crippen LogP contribution < -0.4 is 20.7 Å². The molecule has 0 unspecified atom stereocenters. The number of rotatable bonds is 12. The van der Waals surface area contributed by atoms with Gasteiger partial charge in [-0.25, -0.2) is 4.98 Å². The molecule has 2 fully saturated rings. The lowest BCUT2D eigenvalue weighted by atomic mass is 10.0. The number of carbonyl (C=O) groups is 2. The van der Waals surface area contributed by atoms with Gasteiger partial charge in [0.2, 0.25) is 11.8 Å². The number of hydrogen-bond donors (Lipinski definition) is 4. The van der Waals surface area contributed by atoms with E-state index in [9.17, 15) is 14.7 Å². The monoisotopic (exact) mass is 655 g/mol. The number of aliphatic hydroxyl groups excluding tert-OH is 1. The molecule has 0 saturated carbocycles. The van der Waals surface area contributed by atoms with Gasteiger partial charge >= 0.3 is 0 Å². The van der Waals surface area contributed by atoms with Crippen LogP contribution in [0.15, 0.2) is 60.9 Å². The van der Waals surface area contributed by atoms with Crippen molar-refractivity contribution in [3.05, 3.63) is 88.3 Å². The van der Waals surface area contributed by atoms with Gasteiger partial charge in [-0.2, -0.15) is 0 Å². The first-order valence-electron chi connectivity index (χ1n) is 15.7. The van der Waals surface area contributed by atoms with E-state index in [0.29, 0.717) is 64.7 Å². The molecular weight excluding hydrogens is 618 g/mol. The number of aromatic nitrogens is 3. The summed E-state index contributed by atoms with van der Waals surface area (Å²) in [5.41, 5.74) is 6.36. The number of likely N-dealkylation sites (tertiary alicyclic amines) is 1. The van der Waals surface area contributed by atoms with Crippen molar-refractivity contribution >= 4 is 29.1 Å². The lowest BCUT2D eigenvalue weighted by Gasteiger charge is -2.38. The van der Waals surface area contributed by atoms with Crippen molar-refractivity contribution in [3.8, 4) is 28.4 Å². The first-order valence-corrected chi connectivity index (χ1v) is 16.1. The van der Waals surface area contributed by atoms with Crippen LogP contribution in [0, 0.1) is 12.8 Å². The highest BCUT2D eigenvalue weighted by atomic mass is 35.5. The van der Waals surface area contributed by atoms with E-state index >= 15 is 0 Å². The number of hydrogen-bond acceptors (Lipinski definition) is 9. The third kappa shape index (κ3) is 7.44. The summed E-state index contributed by atoms with van der Waals surface area (Å²) < 4.78 is 5.61. The fourth-order valence-corrected chi connectivity index (χ4v) is 6.33. The Labute approximate surface area is 278 Å². The number of pyridine rings is 3. The number of nitrogens with one attached hydrogen (secondary N) is 3. The van der Waals surface area contributed by atoms with E-state index < -0.39 is 0 Å². The van der Waals surface area contributed by atoms with E-state index in [2.05, 4.69) is 30.8 Å². The summed E-state index contributed by atoms with van der Waals surface area (Å²) in [7, 11) is 1.58. The summed E-state index contributed by atoms with van der Waals surface area (Å²) in [5.74, 6) is 0.612. The molecular formula is C35H38ClN7O4. The molecule has 244 valence electrons. The molecule has 0 bridgehead atoms. The number of carbonyl (C=O) groups excluding carboxylic acids is 2. The molecule has 6 rings (SSSR count). The van der Waals surface area contributed by atoms with Gasteiger partial charge in [-0.15, -0.1) is 0 Å². The van der Waals surface area contributed by atoms with Crippen LogP contribution in [0.5, 0.6) is 5.88 Å². The average Bonchev–Trinajstić information content (AvgIpc) is 3.48. The van der Waals surface area contributed by atoms with Crippen molar-refractivity contribution in [3.63, 3.8) is 0 Å². The molecule has 0 aliphatic carbocycles. The maximum Gasteiger partial charge on any atom is 0.274 e. The van der Waals surface area contributed by atoms with Crippen LogP contribution in [0.3, 0.4) is 0 Å². The van der Waals surface area contributed by atoms with Crippen molar-refractivity contribution in [1.29, 1.82) is 0 Å². The molecule has 4 N–H and O–H groups in total. The lowest BCUT2D eigenvalue weighted by molar-refractivity contribution is -0.119. The molecule has 4 aromatic rings. The van der Waals surface area contributed by atoms with Gasteiger partial charge in [-0.05, 0) is 48.7 Å². The number of amides is 2. The Morgan fingerprint density at radius 2 is 1.98 bits per heavy atom. The maximum atomic E-state index is 13.1. The predicted molar refractivity (Wildman–Crippen MR) is 180 cm³/mol. The molecule has 11 nitrogen and oxygen atoms in total. The standard InChI is InChI=1S/C35H38ClN7O4/c1-21-26(4-3-5-28(21)41-34(46)30-9-6-22(14-39-30)17-43-18-23(19-43)20-44)33-32(36)27(12-13-38-33)29-10-7-24(35(42-29)47-2)15-37-16-25-8-11-31(45)40-25/h3-7,9-10,12-14,23,25,37,44H,8,11,15-20H2,1-2H3,(H,40,45)(H,41,46)/t25-/m1/s1. The zero-order valence-electron chi connectivity index (χ0n) is 26.4. The van der Waals surface area contributed by atoms with E-state index in [1.165, 1.54) is 0 Å². The fraction of sp³-hybridized carbons (Fsp3) is 0.343. The van der Waals surface area contributed by atoms with Gasteiger partial charge in [0, 0.05) is 92.5 Å². The highest BCUT2D eigenvalue weighted by Crippen LogP contribution is 2.38. The Bertz CT molecular complexity index is 1760. The van der Waals surface area contributed by atoms with Crippen molar-refractivity contribution in [1.82, 2.24) is 30.5 Å². The van der Waals surface area contributed by atoms with Gasteiger partial charge in [-0.1, -0.05) is 35.9 Å². The average molecular weight is 656 g/mol. The number of aliphatic hydroxyl groups is 1. The third-order valence-electron chi connectivity index (χ3n) is 8.68. The number of benzene rings is 1. The smallest absolute Gasteiger partial charge is 0.274 e. The Kier molecular flexibility index (Phi) is 10.1. The molecule has 12 heteroatoms. The number of halogens is 1. The Balaban J connectivity index is 1.15. The zero-order valence-corrected chi connectivity index (χ0v) is 27.2. The van der Waals surface area contributed by atoms with Crippen LogP contribution in [-0.2, 0) is 17.9 Å². The summed E-state index contributed by atoms with van der Waals surface area (Å²) >= 11 is 6.99. The lowest BCUT2D eigenvalue weighted by Crippen LogP contribution is -2.47. The summed E-state index contributed by atoms with van der Waals surface area (Å²) in [6.07, 6.45) is 4.81. The second-order valence-electron chi connectivity index (χ2n) is 12.0. The number of methoxy groups -OCH3 is 1. The van der Waals surface area contributed by atoms with Crippen molar-refractivity contribution in [2.24, 2.45) is 5.92 Å². The third-order valence-corrected chi connectivity index (χ3v) is 9.06. The Hall–Kier alpha value is -4.42. The van der Waals surface area contributed by atoms with Crippen LogP contribution in [0.2, 0.25) is 5.02 Å². The first-order chi connectivity index (χ1) is 22.8. The Morgan fingerprint density at radius 3 is 2.70 bits per heavy atom. The minimum atomic E-state index is -0.312. The van der Waals surface area contributed by atoms with E-state index in [1.807, 2.05) is 49.4 Å². The van der Waals surface area contributed by atoms with Gasteiger partial charge < -0.3 is 25.8 Å².